The summed E-state index contributed by atoms with van der Waals surface area (Å²) in [6.07, 6.45) is 3.10. The predicted molar refractivity (Wildman–Crippen MR) is 69.6 cm³/mol. The van der Waals surface area contributed by atoms with E-state index in [2.05, 4.69) is 12.2 Å². The second kappa shape index (κ2) is 5.21. The molecule has 1 unspecified atom stereocenters. The highest BCUT2D eigenvalue weighted by Crippen LogP contribution is 2.27. The second-order valence-electron chi connectivity index (χ2n) is 5.02. The fourth-order valence-electron chi connectivity index (χ4n) is 1.87. The Bertz CT molecular complexity index is 382. The number of nitrogen functional groups attached to an aromatic ring is 1. The smallest absolute Gasteiger partial charge is 0.220 e. The summed E-state index contributed by atoms with van der Waals surface area (Å²) in [4.78, 5) is 11.7. The van der Waals surface area contributed by atoms with Crippen molar-refractivity contribution in [1.29, 1.82) is 0 Å². The van der Waals surface area contributed by atoms with Crippen molar-refractivity contribution < 1.29 is 4.79 Å². The first-order chi connectivity index (χ1) is 8.15. The molecule has 0 bridgehead atoms. The van der Waals surface area contributed by atoms with Gasteiger partial charge in [0.25, 0.3) is 0 Å². The number of nitrogens with one attached hydrogen (secondary N) is 1. The number of nitrogens with two attached hydrogens (primary N) is 1. The standard InChI is InChI=1S/C14H20N2O/c1-10(12-4-6-13(15)7-5-12)8-14(17)16-9-11-2-3-11/h4-7,10-11H,2-3,8-9,15H2,1H3,(H,16,17). The molecule has 1 aromatic rings. The predicted octanol–water partition coefficient (Wildman–Crippen LogP) is 2.29. The summed E-state index contributed by atoms with van der Waals surface area (Å²) in [5.74, 6) is 1.14. The highest BCUT2D eigenvalue weighted by Gasteiger charge is 2.22. The van der Waals surface area contributed by atoms with Crippen LogP contribution in [0.5, 0.6) is 0 Å². The first-order valence-corrected chi connectivity index (χ1v) is 6.27. The second-order valence-corrected chi connectivity index (χ2v) is 5.02. The Morgan fingerprint density at radius 2 is 2.06 bits per heavy atom. The molecule has 1 saturated carbocycles. The van der Waals surface area contributed by atoms with Gasteiger partial charge in [0.05, 0.1) is 0 Å². The lowest BCUT2D eigenvalue weighted by atomic mass is 9.97. The number of hydrogen-bond donors (Lipinski definition) is 2. The Balaban J connectivity index is 1.80. The van der Waals surface area contributed by atoms with E-state index >= 15 is 0 Å². The summed E-state index contributed by atoms with van der Waals surface area (Å²) in [6.45, 7) is 2.93. The van der Waals surface area contributed by atoms with Gasteiger partial charge in [0.1, 0.15) is 0 Å². The fourth-order valence-corrected chi connectivity index (χ4v) is 1.87. The van der Waals surface area contributed by atoms with E-state index in [9.17, 15) is 4.79 Å². The summed E-state index contributed by atoms with van der Waals surface area (Å²) >= 11 is 0. The minimum absolute atomic E-state index is 0.154. The number of carbonyl (C=O) groups is 1. The molecule has 0 aliphatic heterocycles. The first-order valence-electron chi connectivity index (χ1n) is 6.27. The Hall–Kier alpha value is -1.51. The maximum atomic E-state index is 11.7. The normalized spacial score (nSPS) is 16.5. The summed E-state index contributed by atoms with van der Waals surface area (Å²) in [7, 11) is 0. The third-order valence-corrected chi connectivity index (χ3v) is 3.28. The summed E-state index contributed by atoms with van der Waals surface area (Å²) < 4.78 is 0. The van der Waals surface area contributed by atoms with Crippen LogP contribution in [0.3, 0.4) is 0 Å². The van der Waals surface area contributed by atoms with E-state index in [1.54, 1.807) is 0 Å². The lowest BCUT2D eigenvalue weighted by molar-refractivity contribution is -0.121. The Morgan fingerprint density at radius 1 is 1.41 bits per heavy atom. The zero-order valence-corrected chi connectivity index (χ0v) is 10.3. The molecule has 1 atom stereocenters. The van der Waals surface area contributed by atoms with E-state index in [0.29, 0.717) is 6.42 Å². The van der Waals surface area contributed by atoms with E-state index < -0.39 is 0 Å². The fraction of sp³-hybridized carbons (Fsp3) is 0.500. The highest BCUT2D eigenvalue weighted by molar-refractivity contribution is 5.76. The van der Waals surface area contributed by atoms with Crippen molar-refractivity contribution in [2.75, 3.05) is 12.3 Å². The maximum absolute atomic E-state index is 11.7. The Kier molecular flexibility index (Phi) is 3.67. The van der Waals surface area contributed by atoms with Crippen LogP contribution in [0.25, 0.3) is 0 Å². The van der Waals surface area contributed by atoms with Gasteiger partial charge in [-0.05, 0) is 42.4 Å². The summed E-state index contributed by atoms with van der Waals surface area (Å²) in [5, 5.41) is 2.99. The average Bonchev–Trinajstić information content (AvgIpc) is 3.11. The quantitative estimate of drug-likeness (QED) is 0.765. The lowest BCUT2D eigenvalue weighted by Gasteiger charge is -2.12. The molecule has 0 saturated heterocycles. The molecule has 1 amide bonds. The number of hydrogen-bond acceptors (Lipinski definition) is 2. The molecular formula is C14H20N2O. The molecule has 0 spiro atoms. The van der Waals surface area contributed by atoms with Gasteiger partial charge in [0.15, 0.2) is 0 Å². The molecule has 1 aliphatic rings. The number of benzene rings is 1. The Labute approximate surface area is 102 Å². The van der Waals surface area contributed by atoms with Gasteiger partial charge < -0.3 is 11.1 Å². The van der Waals surface area contributed by atoms with E-state index in [-0.39, 0.29) is 11.8 Å². The molecule has 1 aromatic carbocycles. The molecule has 1 fully saturated rings. The molecule has 0 radical (unpaired) electrons. The number of carbonyl (C=O) groups excluding carboxylic acids is 1. The summed E-state index contributed by atoms with van der Waals surface area (Å²) in [6, 6.07) is 7.75. The van der Waals surface area contributed by atoms with E-state index in [1.165, 1.54) is 18.4 Å². The topological polar surface area (TPSA) is 55.1 Å². The lowest BCUT2D eigenvalue weighted by Crippen LogP contribution is -2.26. The van der Waals surface area contributed by atoms with Gasteiger partial charge in [-0.2, -0.15) is 0 Å². The van der Waals surface area contributed by atoms with E-state index in [4.69, 9.17) is 5.73 Å². The van der Waals surface area contributed by atoms with Gasteiger partial charge >= 0.3 is 0 Å². The third-order valence-electron chi connectivity index (χ3n) is 3.28. The molecular weight excluding hydrogens is 212 g/mol. The van der Waals surface area contributed by atoms with Crippen LogP contribution in [-0.4, -0.2) is 12.5 Å². The minimum Gasteiger partial charge on any atom is -0.399 e. The van der Waals surface area contributed by atoms with Crippen molar-refractivity contribution in [2.45, 2.75) is 32.1 Å². The van der Waals surface area contributed by atoms with Crippen LogP contribution < -0.4 is 11.1 Å². The van der Waals surface area contributed by atoms with E-state index in [0.717, 1.165) is 18.2 Å². The van der Waals surface area contributed by atoms with Crippen molar-refractivity contribution in [3.8, 4) is 0 Å². The number of rotatable bonds is 5. The zero-order valence-electron chi connectivity index (χ0n) is 10.3. The zero-order chi connectivity index (χ0) is 12.3. The number of amides is 1. The first kappa shape index (κ1) is 12.0. The molecule has 3 nitrogen and oxygen atoms in total. The van der Waals surface area contributed by atoms with Gasteiger partial charge in [-0.25, -0.2) is 0 Å². The van der Waals surface area contributed by atoms with Crippen molar-refractivity contribution in [1.82, 2.24) is 5.32 Å². The van der Waals surface area contributed by atoms with Crippen LogP contribution in [0.15, 0.2) is 24.3 Å². The van der Waals surface area contributed by atoms with Crippen molar-refractivity contribution in [2.24, 2.45) is 5.92 Å². The average molecular weight is 232 g/mol. The molecule has 0 aromatic heterocycles. The van der Waals surface area contributed by atoms with Crippen LogP contribution in [0, 0.1) is 5.92 Å². The molecule has 1 aliphatic carbocycles. The highest BCUT2D eigenvalue weighted by atomic mass is 16.1. The molecule has 92 valence electrons. The van der Waals surface area contributed by atoms with Crippen LogP contribution in [0.2, 0.25) is 0 Å². The summed E-state index contributed by atoms with van der Waals surface area (Å²) in [5.41, 5.74) is 7.57. The largest absolute Gasteiger partial charge is 0.399 e. The molecule has 2 rings (SSSR count). The van der Waals surface area contributed by atoms with Crippen LogP contribution >= 0.6 is 0 Å². The SMILES string of the molecule is CC(CC(=O)NCC1CC1)c1ccc(N)cc1. The van der Waals surface area contributed by atoms with Gasteiger partial charge in [0, 0.05) is 18.7 Å². The molecule has 0 heterocycles. The van der Waals surface area contributed by atoms with Crippen LogP contribution in [0.1, 0.15) is 37.7 Å². The third kappa shape index (κ3) is 3.77. The van der Waals surface area contributed by atoms with Crippen LogP contribution in [0.4, 0.5) is 5.69 Å². The monoisotopic (exact) mass is 232 g/mol. The molecule has 3 N–H and O–H groups in total. The van der Waals surface area contributed by atoms with Crippen molar-refractivity contribution in [3.63, 3.8) is 0 Å². The minimum atomic E-state index is 0.154. The van der Waals surface area contributed by atoms with Gasteiger partial charge in [-0.1, -0.05) is 19.1 Å². The molecule has 3 heteroatoms. The van der Waals surface area contributed by atoms with Gasteiger partial charge in [-0.15, -0.1) is 0 Å². The van der Waals surface area contributed by atoms with Gasteiger partial charge in [-0.3, -0.25) is 4.79 Å². The molecule has 17 heavy (non-hydrogen) atoms. The number of anilines is 1. The van der Waals surface area contributed by atoms with Crippen LogP contribution in [-0.2, 0) is 4.79 Å². The van der Waals surface area contributed by atoms with Crippen molar-refractivity contribution >= 4 is 11.6 Å². The Morgan fingerprint density at radius 3 is 2.65 bits per heavy atom. The van der Waals surface area contributed by atoms with Crippen molar-refractivity contribution in [3.05, 3.63) is 29.8 Å². The van der Waals surface area contributed by atoms with Gasteiger partial charge in [0.2, 0.25) is 5.91 Å². The maximum Gasteiger partial charge on any atom is 0.220 e. The van der Waals surface area contributed by atoms with E-state index in [1.807, 2.05) is 24.3 Å².